The number of phenolic OH excluding ortho intramolecular Hbond substituents is 1. The molecule has 0 radical (unpaired) electrons. The van der Waals surface area contributed by atoms with Gasteiger partial charge in [-0.15, -0.1) is 0 Å². The molecule has 3 nitrogen and oxygen atoms in total. The lowest BCUT2D eigenvalue weighted by molar-refractivity contribution is 0.0693. The van der Waals surface area contributed by atoms with Gasteiger partial charge >= 0.3 is 0 Å². The Morgan fingerprint density at radius 1 is 1.39 bits per heavy atom. The summed E-state index contributed by atoms with van der Waals surface area (Å²) in [4.78, 5) is 2.30. The molecule has 1 fully saturated rings. The first-order chi connectivity index (χ1) is 8.58. The van der Waals surface area contributed by atoms with Gasteiger partial charge in [-0.1, -0.05) is 23.7 Å². The van der Waals surface area contributed by atoms with E-state index in [0.29, 0.717) is 10.9 Å². The number of halogens is 1. The molecule has 1 heterocycles. The van der Waals surface area contributed by atoms with E-state index in [1.165, 1.54) is 0 Å². The van der Waals surface area contributed by atoms with Crippen LogP contribution in [0, 0.1) is 5.92 Å². The van der Waals surface area contributed by atoms with E-state index in [0.717, 1.165) is 38.0 Å². The number of aromatic hydroxyl groups is 1. The van der Waals surface area contributed by atoms with Crippen molar-refractivity contribution in [2.45, 2.75) is 32.4 Å². The van der Waals surface area contributed by atoms with Crippen molar-refractivity contribution in [3.8, 4) is 5.75 Å². The van der Waals surface area contributed by atoms with Crippen molar-refractivity contribution >= 4 is 11.6 Å². The second kappa shape index (κ2) is 5.91. The van der Waals surface area contributed by atoms with Crippen LogP contribution in [-0.4, -0.2) is 34.3 Å². The van der Waals surface area contributed by atoms with Crippen LogP contribution in [0.25, 0.3) is 0 Å². The van der Waals surface area contributed by atoms with Gasteiger partial charge in [0, 0.05) is 12.1 Å². The quantitative estimate of drug-likeness (QED) is 0.887. The predicted octanol–water partition coefficient (Wildman–Crippen LogP) is 2.64. The standard InChI is InChI=1S/C14H20ClNO2/c1-10(17)11-5-7-16(8-6-11)9-12-3-2-4-13(15)14(12)18/h2-4,10-11,17-18H,5-9H2,1H3. The number of rotatable bonds is 3. The first-order valence-electron chi connectivity index (χ1n) is 6.44. The molecule has 1 saturated heterocycles. The molecule has 0 saturated carbocycles. The zero-order chi connectivity index (χ0) is 13.1. The molecule has 100 valence electrons. The van der Waals surface area contributed by atoms with E-state index in [-0.39, 0.29) is 11.9 Å². The van der Waals surface area contributed by atoms with Gasteiger partial charge in [-0.2, -0.15) is 0 Å². The molecule has 1 unspecified atom stereocenters. The summed E-state index contributed by atoms with van der Waals surface area (Å²) < 4.78 is 0. The van der Waals surface area contributed by atoms with Crippen LogP contribution >= 0.6 is 11.6 Å². The Bertz CT molecular complexity index is 401. The Balaban J connectivity index is 1.94. The number of phenols is 1. The van der Waals surface area contributed by atoms with E-state index in [1.807, 2.05) is 19.1 Å². The fourth-order valence-corrected chi connectivity index (χ4v) is 2.72. The molecule has 2 rings (SSSR count). The van der Waals surface area contributed by atoms with E-state index in [4.69, 9.17) is 11.6 Å². The number of likely N-dealkylation sites (tertiary alicyclic amines) is 1. The van der Waals surface area contributed by atoms with Gasteiger partial charge in [-0.3, -0.25) is 4.90 Å². The second-order valence-electron chi connectivity index (χ2n) is 5.10. The van der Waals surface area contributed by atoms with Crippen LogP contribution in [0.1, 0.15) is 25.3 Å². The lowest BCUT2D eigenvalue weighted by Crippen LogP contribution is -2.36. The average molecular weight is 270 g/mol. The molecule has 4 heteroatoms. The predicted molar refractivity (Wildman–Crippen MR) is 72.8 cm³/mol. The molecule has 0 bridgehead atoms. The Morgan fingerprint density at radius 2 is 2.06 bits per heavy atom. The van der Waals surface area contributed by atoms with Crippen LogP contribution in [0.15, 0.2) is 18.2 Å². The number of hydrogen-bond donors (Lipinski definition) is 2. The number of piperidine rings is 1. The number of hydrogen-bond acceptors (Lipinski definition) is 3. The van der Waals surface area contributed by atoms with Crippen LogP contribution in [0.4, 0.5) is 0 Å². The lowest BCUT2D eigenvalue weighted by Gasteiger charge is -2.33. The highest BCUT2D eigenvalue weighted by Gasteiger charge is 2.23. The Morgan fingerprint density at radius 3 is 2.67 bits per heavy atom. The number of nitrogens with zero attached hydrogens (tertiary/aromatic N) is 1. The molecule has 1 aliphatic rings. The summed E-state index contributed by atoms with van der Waals surface area (Å²) in [6.07, 6.45) is 1.81. The number of benzene rings is 1. The highest BCUT2D eigenvalue weighted by Crippen LogP contribution is 2.29. The third-order valence-corrected chi connectivity index (χ3v) is 4.08. The van der Waals surface area contributed by atoms with Gasteiger partial charge in [0.2, 0.25) is 0 Å². The maximum atomic E-state index is 9.87. The molecular weight excluding hydrogens is 250 g/mol. The van der Waals surface area contributed by atoms with Crippen molar-refractivity contribution in [2.24, 2.45) is 5.92 Å². The highest BCUT2D eigenvalue weighted by molar-refractivity contribution is 6.32. The van der Waals surface area contributed by atoms with Gasteiger partial charge in [0.05, 0.1) is 11.1 Å². The van der Waals surface area contributed by atoms with E-state index in [9.17, 15) is 10.2 Å². The van der Waals surface area contributed by atoms with Gasteiger partial charge < -0.3 is 10.2 Å². The summed E-state index contributed by atoms with van der Waals surface area (Å²) in [6.45, 7) is 4.51. The largest absolute Gasteiger partial charge is 0.506 e. The van der Waals surface area contributed by atoms with Crippen molar-refractivity contribution in [1.29, 1.82) is 0 Å². The SMILES string of the molecule is CC(O)C1CCN(Cc2cccc(Cl)c2O)CC1. The van der Waals surface area contributed by atoms with Crippen LogP contribution < -0.4 is 0 Å². The summed E-state index contributed by atoms with van der Waals surface area (Å²) >= 11 is 5.89. The van der Waals surface area contributed by atoms with Crippen LogP contribution in [0.2, 0.25) is 5.02 Å². The van der Waals surface area contributed by atoms with Crippen molar-refractivity contribution in [1.82, 2.24) is 4.90 Å². The lowest BCUT2D eigenvalue weighted by atomic mass is 9.92. The van der Waals surface area contributed by atoms with Crippen LogP contribution in [-0.2, 0) is 6.54 Å². The monoisotopic (exact) mass is 269 g/mol. The Labute approximate surface area is 113 Å². The van der Waals surface area contributed by atoms with E-state index in [2.05, 4.69) is 4.90 Å². The maximum Gasteiger partial charge on any atom is 0.138 e. The summed E-state index contributed by atoms with van der Waals surface area (Å²) in [5, 5.41) is 19.8. The third kappa shape index (κ3) is 3.16. The first kappa shape index (κ1) is 13.7. The Hall–Kier alpha value is -0.770. The van der Waals surface area contributed by atoms with Gasteiger partial charge in [0.15, 0.2) is 0 Å². The zero-order valence-corrected chi connectivity index (χ0v) is 11.4. The fourth-order valence-electron chi connectivity index (χ4n) is 2.52. The fraction of sp³-hybridized carbons (Fsp3) is 0.571. The molecule has 0 amide bonds. The molecule has 0 aliphatic carbocycles. The molecule has 0 spiro atoms. The molecule has 1 aliphatic heterocycles. The molecule has 1 atom stereocenters. The van der Waals surface area contributed by atoms with Crippen molar-refractivity contribution in [3.05, 3.63) is 28.8 Å². The minimum absolute atomic E-state index is 0.191. The first-order valence-corrected chi connectivity index (χ1v) is 6.82. The smallest absolute Gasteiger partial charge is 0.138 e. The van der Waals surface area contributed by atoms with Crippen molar-refractivity contribution in [3.63, 3.8) is 0 Å². The van der Waals surface area contributed by atoms with Crippen LogP contribution in [0.5, 0.6) is 5.75 Å². The van der Waals surface area contributed by atoms with E-state index < -0.39 is 0 Å². The summed E-state index contributed by atoms with van der Waals surface area (Å²) in [5.74, 6) is 0.603. The molecular formula is C14H20ClNO2. The molecule has 1 aromatic carbocycles. The average Bonchev–Trinajstić information content (AvgIpc) is 2.36. The van der Waals surface area contributed by atoms with Crippen molar-refractivity contribution in [2.75, 3.05) is 13.1 Å². The number of aliphatic hydroxyl groups excluding tert-OH is 1. The number of aliphatic hydroxyl groups is 1. The second-order valence-corrected chi connectivity index (χ2v) is 5.51. The molecule has 1 aromatic rings. The topological polar surface area (TPSA) is 43.7 Å². The molecule has 18 heavy (non-hydrogen) atoms. The molecule has 2 N–H and O–H groups in total. The van der Waals surface area contributed by atoms with Crippen molar-refractivity contribution < 1.29 is 10.2 Å². The zero-order valence-electron chi connectivity index (χ0n) is 10.6. The minimum Gasteiger partial charge on any atom is -0.506 e. The van der Waals surface area contributed by atoms with Gasteiger partial charge in [-0.05, 0) is 44.8 Å². The third-order valence-electron chi connectivity index (χ3n) is 3.78. The van der Waals surface area contributed by atoms with E-state index in [1.54, 1.807) is 6.07 Å². The normalized spacial score (nSPS) is 19.9. The summed E-state index contributed by atoms with van der Waals surface area (Å²) in [5.41, 5.74) is 0.873. The van der Waals surface area contributed by atoms with Gasteiger partial charge in [-0.25, -0.2) is 0 Å². The highest BCUT2D eigenvalue weighted by atomic mass is 35.5. The summed E-state index contributed by atoms with van der Waals surface area (Å²) in [7, 11) is 0. The minimum atomic E-state index is -0.216. The Kier molecular flexibility index (Phi) is 4.49. The number of para-hydroxylation sites is 1. The summed E-state index contributed by atoms with van der Waals surface area (Å²) in [6, 6.07) is 5.46. The van der Waals surface area contributed by atoms with Crippen LogP contribution in [0.3, 0.4) is 0 Å². The molecule has 0 aromatic heterocycles. The van der Waals surface area contributed by atoms with Gasteiger partial charge in [0.1, 0.15) is 5.75 Å². The maximum absolute atomic E-state index is 9.87. The van der Waals surface area contributed by atoms with Gasteiger partial charge in [0.25, 0.3) is 0 Å². The van der Waals surface area contributed by atoms with E-state index >= 15 is 0 Å².